The standard InChI is InChI=1S/C14H36O3Si3/c1-11-12-13-17-20(15-3,16-4)14(2,18(5,6)7)19(8,9)10/h11-13H2,1-10H3. The van der Waals surface area contributed by atoms with Crippen molar-refractivity contribution >= 4 is 25.0 Å². The highest BCUT2D eigenvalue weighted by molar-refractivity contribution is 7.11. The van der Waals surface area contributed by atoms with Crippen molar-refractivity contribution in [2.45, 2.75) is 70.3 Å². The Hall–Kier alpha value is 0.531. The molecule has 0 rings (SSSR count). The third-order valence-electron chi connectivity index (χ3n) is 4.94. The fraction of sp³-hybridized carbons (Fsp3) is 1.00. The SMILES string of the molecule is CCCCO[Si](OC)(OC)C(C)([Si](C)(C)C)[Si](C)(C)C. The highest BCUT2D eigenvalue weighted by Gasteiger charge is 2.68. The number of rotatable bonds is 9. The monoisotopic (exact) mass is 336 g/mol. The predicted molar refractivity (Wildman–Crippen MR) is 95.7 cm³/mol. The first-order valence-electron chi connectivity index (χ1n) is 7.67. The van der Waals surface area contributed by atoms with Crippen LogP contribution in [0.5, 0.6) is 0 Å². The van der Waals surface area contributed by atoms with E-state index >= 15 is 0 Å². The first-order valence-corrected chi connectivity index (χ1v) is 16.4. The van der Waals surface area contributed by atoms with Crippen LogP contribution in [0, 0.1) is 0 Å². The Bertz CT molecular complexity index is 277. The second-order valence-corrected chi connectivity index (χ2v) is 23.5. The van der Waals surface area contributed by atoms with Gasteiger partial charge in [-0.1, -0.05) is 59.6 Å². The molecule has 0 saturated carbocycles. The summed E-state index contributed by atoms with van der Waals surface area (Å²) in [6.07, 6.45) is 2.20. The molecule has 0 aromatic rings. The van der Waals surface area contributed by atoms with E-state index in [1.165, 1.54) is 0 Å². The average molecular weight is 337 g/mol. The number of hydrogen-bond donors (Lipinski definition) is 0. The molecule has 0 aromatic heterocycles. The minimum absolute atomic E-state index is 0.0875. The Morgan fingerprint density at radius 2 is 1.25 bits per heavy atom. The van der Waals surface area contributed by atoms with Gasteiger partial charge in [0.2, 0.25) is 0 Å². The van der Waals surface area contributed by atoms with E-state index in [1.54, 1.807) is 14.2 Å². The Labute approximate surface area is 129 Å². The Morgan fingerprint density at radius 1 is 0.850 bits per heavy atom. The van der Waals surface area contributed by atoms with Gasteiger partial charge in [0.1, 0.15) is 0 Å². The first kappa shape index (κ1) is 20.5. The van der Waals surface area contributed by atoms with Crippen LogP contribution in [0.25, 0.3) is 0 Å². The van der Waals surface area contributed by atoms with Crippen LogP contribution in [-0.4, -0.2) is 45.8 Å². The molecule has 0 heterocycles. The van der Waals surface area contributed by atoms with Crippen LogP contribution in [0.2, 0.25) is 43.6 Å². The third kappa shape index (κ3) is 3.64. The minimum atomic E-state index is -2.68. The van der Waals surface area contributed by atoms with Crippen molar-refractivity contribution in [1.29, 1.82) is 0 Å². The molecule has 0 radical (unpaired) electrons. The molecule has 0 spiro atoms. The van der Waals surface area contributed by atoms with Crippen molar-refractivity contribution < 1.29 is 13.3 Å². The molecule has 0 aliphatic carbocycles. The lowest BCUT2D eigenvalue weighted by Gasteiger charge is -2.55. The number of hydrogen-bond acceptors (Lipinski definition) is 3. The fourth-order valence-corrected chi connectivity index (χ4v) is 23.1. The summed E-state index contributed by atoms with van der Waals surface area (Å²) >= 11 is 0. The third-order valence-corrected chi connectivity index (χ3v) is 24.7. The molecule has 0 aliphatic rings. The lowest BCUT2D eigenvalue weighted by Crippen LogP contribution is -2.71. The summed E-state index contributed by atoms with van der Waals surface area (Å²) in [4.78, 5) is 0. The quantitative estimate of drug-likeness (QED) is 0.456. The van der Waals surface area contributed by atoms with Crippen LogP contribution in [0.15, 0.2) is 0 Å². The normalized spacial score (nSPS) is 14.7. The van der Waals surface area contributed by atoms with Crippen LogP contribution in [0.3, 0.4) is 0 Å². The fourth-order valence-electron chi connectivity index (χ4n) is 3.15. The predicted octanol–water partition coefficient (Wildman–Crippen LogP) is 4.55. The smallest absolute Gasteiger partial charge is 0.377 e. The Balaban J connectivity index is 5.79. The van der Waals surface area contributed by atoms with Crippen LogP contribution in [0.4, 0.5) is 0 Å². The van der Waals surface area contributed by atoms with Gasteiger partial charge >= 0.3 is 8.80 Å². The summed E-state index contributed by atoms with van der Waals surface area (Å²) in [7, 11) is -2.20. The van der Waals surface area contributed by atoms with E-state index in [1.807, 2.05) is 0 Å². The highest BCUT2D eigenvalue weighted by atomic mass is 28.5. The van der Waals surface area contributed by atoms with E-state index < -0.39 is 25.0 Å². The number of unbranched alkanes of at least 4 members (excludes halogenated alkanes) is 1. The van der Waals surface area contributed by atoms with Gasteiger partial charge in [-0.15, -0.1) is 0 Å². The Morgan fingerprint density at radius 3 is 1.50 bits per heavy atom. The van der Waals surface area contributed by atoms with E-state index in [2.05, 4.69) is 53.1 Å². The van der Waals surface area contributed by atoms with E-state index in [0.717, 1.165) is 19.4 Å². The topological polar surface area (TPSA) is 27.7 Å². The summed E-state index contributed by atoms with van der Waals surface area (Å²) in [6.45, 7) is 19.9. The van der Waals surface area contributed by atoms with Crippen molar-refractivity contribution in [2.24, 2.45) is 0 Å². The maximum atomic E-state index is 6.35. The first-order chi connectivity index (χ1) is 8.93. The Kier molecular flexibility index (Phi) is 7.39. The molecule has 0 aliphatic heterocycles. The molecule has 0 atom stereocenters. The summed E-state index contributed by atoms with van der Waals surface area (Å²) in [5.41, 5.74) is 0. The molecule has 0 saturated heterocycles. The van der Waals surface area contributed by atoms with Gasteiger partial charge in [0.15, 0.2) is 0 Å². The highest BCUT2D eigenvalue weighted by Crippen LogP contribution is 2.54. The summed E-state index contributed by atoms with van der Waals surface area (Å²) in [5.74, 6) is 0. The molecule has 0 fully saturated rings. The van der Waals surface area contributed by atoms with Gasteiger partial charge in [0, 0.05) is 25.1 Å². The van der Waals surface area contributed by atoms with E-state index in [4.69, 9.17) is 13.3 Å². The molecule has 0 unspecified atom stereocenters. The molecule has 3 nitrogen and oxygen atoms in total. The van der Waals surface area contributed by atoms with Crippen LogP contribution in [-0.2, 0) is 13.3 Å². The van der Waals surface area contributed by atoms with Crippen LogP contribution in [0.1, 0.15) is 26.7 Å². The lowest BCUT2D eigenvalue weighted by atomic mass is 10.4. The van der Waals surface area contributed by atoms with E-state index in [9.17, 15) is 0 Å². The molecule has 0 N–H and O–H groups in total. The molecule has 0 aromatic carbocycles. The largest absolute Gasteiger partial charge is 0.500 e. The lowest BCUT2D eigenvalue weighted by molar-refractivity contribution is 0.0886. The van der Waals surface area contributed by atoms with Crippen molar-refractivity contribution in [2.75, 3.05) is 20.8 Å². The molecule has 6 heteroatoms. The second kappa shape index (κ2) is 7.19. The minimum Gasteiger partial charge on any atom is -0.377 e. The molecule has 20 heavy (non-hydrogen) atoms. The van der Waals surface area contributed by atoms with Gasteiger partial charge < -0.3 is 13.3 Å². The van der Waals surface area contributed by atoms with E-state index in [0.29, 0.717) is 0 Å². The van der Waals surface area contributed by atoms with Gasteiger partial charge in [-0.3, -0.25) is 0 Å². The maximum absolute atomic E-state index is 6.35. The van der Waals surface area contributed by atoms with Crippen molar-refractivity contribution in [1.82, 2.24) is 0 Å². The van der Waals surface area contributed by atoms with Gasteiger partial charge in [-0.2, -0.15) is 0 Å². The molecular weight excluding hydrogens is 300 g/mol. The molecule has 0 amide bonds. The maximum Gasteiger partial charge on any atom is 0.500 e. The van der Waals surface area contributed by atoms with Gasteiger partial charge in [-0.25, -0.2) is 0 Å². The van der Waals surface area contributed by atoms with E-state index in [-0.39, 0.29) is 4.28 Å². The van der Waals surface area contributed by atoms with Crippen LogP contribution < -0.4 is 0 Å². The zero-order chi connectivity index (χ0) is 16.2. The van der Waals surface area contributed by atoms with Gasteiger partial charge in [0.05, 0.1) is 16.1 Å². The summed E-state index contributed by atoms with van der Waals surface area (Å²) < 4.78 is 18.5. The van der Waals surface area contributed by atoms with Crippen LogP contribution >= 0.6 is 0 Å². The molecular formula is C14H36O3Si3. The molecule has 122 valence electrons. The summed E-state index contributed by atoms with van der Waals surface area (Å²) in [6, 6.07) is 0. The average Bonchev–Trinajstić information content (AvgIpc) is 2.31. The zero-order valence-electron chi connectivity index (χ0n) is 15.3. The summed E-state index contributed by atoms with van der Waals surface area (Å²) in [5, 5.41) is 0. The van der Waals surface area contributed by atoms with Gasteiger partial charge in [0.25, 0.3) is 0 Å². The van der Waals surface area contributed by atoms with Gasteiger partial charge in [-0.05, 0) is 6.42 Å². The van der Waals surface area contributed by atoms with Crippen molar-refractivity contribution in [3.05, 3.63) is 0 Å². The van der Waals surface area contributed by atoms with Crippen molar-refractivity contribution in [3.8, 4) is 0 Å². The second-order valence-electron chi connectivity index (χ2n) is 7.79. The zero-order valence-corrected chi connectivity index (χ0v) is 18.3. The molecule has 0 bridgehead atoms. The van der Waals surface area contributed by atoms with Crippen molar-refractivity contribution in [3.63, 3.8) is 0 Å².